The van der Waals surface area contributed by atoms with Crippen molar-refractivity contribution in [1.29, 1.82) is 0 Å². The average Bonchev–Trinajstić information content (AvgIpc) is 3.57. The minimum Gasteiger partial charge on any atom is -0.493 e. The number of hydrogen-bond acceptors (Lipinski definition) is 4. The molecule has 3 aliphatic rings. The van der Waals surface area contributed by atoms with Gasteiger partial charge in [-0.1, -0.05) is 6.07 Å². The van der Waals surface area contributed by atoms with Crippen LogP contribution >= 0.6 is 0 Å². The summed E-state index contributed by atoms with van der Waals surface area (Å²) in [6.45, 7) is 4.89. The van der Waals surface area contributed by atoms with Crippen molar-refractivity contribution in [2.24, 2.45) is 22.1 Å². The number of carbonyl (C=O) groups excluding carboxylic acids is 1. The largest absolute Gasteiger partial charge is 0.493 e. The summed E-state index contributed by atoms with van der Waals surface area (Å²) in [6, 6.07) is 6.42. The maximum absolute atomic E-state index is 13.0. The van der Waals surface area contributed by atoms with Crippen molar-refractivity contribution in [2.75, 3.05) is 20.8 Å². The van der Waals surface area contributed by atoms with E-state index in [1.54, 1.807) is 7.11 Å². The SMILES string of the molecule is COC1CCC2(CC1)Cc1ccc(OCC3CC3)cc1C2(C=O)N=C(N)N(C)C(C)C. The van der Waals surface area contributed by atoms with Crippen LogP contribution in [0.1, 0.15) is 63.5 Å². The van der Waals surface area contributed by atoms with Crippen LogP contribution < -0.4 is 10.5 Å². The first-order valence-corrected chi connectivity index (χ1v) is 11.7. The van der Waals surface area contributed by atoms with E-state index < -0.39 is 5.54 Å². The van der Waals surface area contributed by atoms with Crippen molar-refractivity contribution in [3.8, 4) is 5.75 Å². The molecule has 4 rings (SSSR count). The fraction of sp³-hybridized carbons (Fsp3) is 0.680. The van der Waals surface area contributed by atoms with Gasteiger partial charge in [-0.25, -0.2) is 4.99 Å². The Morgan fingerprint density at radius 3 is 2.58 bits per heavy atom. The Labute approximate surface area is 186 Å². The van der Waals surface area contributed by atoms with Crippen molar-refractivity contribution in [3.05, 3.63) is 29.3 Å². The zero-order chi connectivity index (χ0) is 22.2. The third kappa shape index (κ3) is 3.95. The van der Waals surface area contributed by atoms with E-state index in [1.807, 2.05) is 18.0 Å². The summed E-state index contributed by atoms with van der Waals surface area (Å²) in [5.41, 5.74) is 7.35. The second-order valence-electron chi connectivity index (χ2n) is 10.0. The molecule has 0 radical (unpaired) electrons. The van der Waals surface area contributed by atoms with E-state index in [0.29, 0.717) is 11.9 Å². The van der Waals surface area contributed by atoms with Crippen molar-refractivity contribution in [1.82, 2.24) is 4.90 Å². The van der Waals surface area contributed by atoms with Crippen molar-refractivity contribution in [2.45, 2.75) is 76.5 Å². The Morgan fingerprint density at radius 1 is 1.29 bits per heavy atom. The first kappa shape index (κ1) is 22.1. The van der Waals surface area contributed by atoms with Crippen LogP contribution in [0.5, 0.6) is 5.75 Å². The quantitative estimate of drug-likeness (QED) is 0.408. The van der Waals surface area contributed by atoms with Crippen LogP contribution in [0.3, 0.4) is 0 Å². The third-order valence-electron chi connectivity index (χ3n) is 7.83. The molecule has 2 fully saturated rings. The lowest BCUT2D eigenvalue weighted by molar-refractivity contribution is -0.118. The number of guanidine groups is 1. The highest BCUT2D eigenvalue weighted by atomic mass is 16.5. The number of carbonyl (C=O) groups is 1. The van der Waals surface area contributed by atoms with Gasteiger partial charge < -0.3 is 24.9 Å². The lowest BCUT2D eigenvalue weighted by Gasteiger charge is -2.45. The molecule has 6 nitrogen and oxygen atoms in total. The van der Waals surface area contributed by atoms with E-state index in [2.05, 4.69) is 26.0 Å². The predicted molar refractivity (Wildman–Crippen MR) is 122 cm³/mol. The van der Waals surface area contributed by atoms with Crippen LogP contribution in [-0.2, 0) is 21.5 Å². The molecule has 0 heterocycles. The summed E-state index contributed by atoms with van der Waals surface area (Å²) in [5.74, 6) is 1.91. The van der Waals surface area contributed by atoms with E-state index in [-0.39, 0.29) is 17.6 Å². The highest BCUT2D eigenvalue weighted by Gasteiger charge is 2.59. The molecule has 1 aromatic carbocycles. The molecule has 1 spiro atoms. The van der Waals surface area contributed by atoms with Crippen LogP contribution in [-0.4, -0.2) is 50.1 Å². The molecule has 0 aliphatic heterocycles. The molecule has 170 valence electrons. The monoisotopic (exact) mass is 427 g/mol. The number of fused-ring (bicyclic) bond motifs is 1. The van der Waals surface area contributed by atoms with Crippen LogP contribution in [0.15, 0.2) is 23.2 Å². The summed E-state index contributed by atoms with van der Waals surface area (Å²) in [5, 5.41) is 0. The average molecular weight is 428 g/mol. The molecule has 2 N–H and O–H groups in total. The normalized spacial score (nSPS) is 30.5. The number of nitrogens with two attached hydrogens (primary N) is 1. The number of methoxy groups -OCH3 is 1. The summed E-state index contributed by atoms with van der Waals surface area (Å²) >= 11 is 0. The summed E-state index contributed by atoms with van der Waals surface area (Å²) in [7, 11) is 3.71. The Bertz CT molecular complexity index is 840. The molecule has 1 atom stereocenters. The summed E-state index contributed by atoms with van der Waals surface area (Å²) < 4.78 is 11.7. The number of aliphatic imine (C=N–C) groups is 1. The minimum atomic E-state index is -0.993. The van der Waals surface area contributed by atoms with E-state index in [1.165, 1.54) is 18.4 Å². The van der Waals surface area contributed by atoms with Gasteiger partial charge in [0.2, 0.25) is 0 Å². The topological polar surface area (TPSA) is 77.1 Å². The molecule has 3 aliphatic carbocycles. The van der Waals surface area contributed by atoms with Gasteiger partial charge in [0.05, 0.1) is 12.7 Å². The van der Waals surface area contributed by atoms with E-state index in [4.69, 9.17) is 20.2 Å². The standard InChI is InChI=1S/C25H37N3O3/c1-17(2)28(3)23(26)27-25(16-29)22-13-21(31-15-18-5-6-18)8-7-19(22)14-24(25)11-9-20(30-4)10-12-24/h7-8,13,16-18,20H,5-6,9-12,14-15H2,1-4H3,(H2,26,27). The van der Waals surface area contributed by atoms with Gasteiger partial charge in [-0.05, 0) is 88.0 Å². The van der Waals surface area contributed by atoms with Crippen LogP contribution in [0, 0.1) is 11.3 Å². The molecular formula is C25H37N3O3. The highest BCUT2D eigenvalue weighted by Crippen LogP contribution is 2.59. The number of hydrogen-bond donors (Lipinski definition) is 1. The zero-order valence-electron chi connectivity index (χ0n) is 19.4. The number of nitrogens with zero attached hydrogens (tertiary/aromatic N) is 2. The van der Waals surface area contributed by atoms with E-state index in [9.17, 15) is 4.79 Å². The molecule has 1 unspecified atom stereocenters. The van der Waals surface area contributed by atoms with Crippen molar-refractivity contribution >= 4 is 12.2 Å². The van der Waals surface area contributed by atoms with Crippen molar-refractivity contribution in [3.63, 3.8) is 0 Å². The van der Waals surface area contributed by atoms with Gasteiger partial charge in [-0.3, -0.25) is 0 Å². The van der Waals surface area contributed by atoms with E-state index in [0.717, 1.165) is 56.3 Å². The molecule has 1 aromatic rings. The third-order valence-corrected chi connectivity index (χ3v) is 7.83. The van der Waals surface area contributed by atoms with Crippen LogP contribution in [0.25, 0.3) is 0 Å². The van der Waals surface area contributed by atoms with Gasteiger partial charge in [0.15, 0.2) is 17.8 Å². The molecule has 0 aromatic heterocycles. The van der Waals surface area contributed by atoms with Gasteiger partial charge in [0.25, 0.3) is 0 Å². The van der Waals surface area contributed by atoms with Gasteiger partial charge in [0.1, 0.15) is 5.75 Å². The number of benzene rings is 1. The van der Waals surface area contributed by atoms with Crippen LogP contribution in [0.4, 0.5) is 0 Å². The smallest absolute Gasteiger partial charge is 0.192 e. The fourth-order valence-electron chi connectivity index (χ4n) is 5.29. The molecule has 0 saturated heterocycles. The number of rotatable bonds is 7. The van der Waals surface area contributed by atoms with Gasteiger partial charge in [-0.15, -0.1) is 0 Å². The molecule has 0 bridgehead atoms. The summed E-state index contributed by atoms with van der Waals surface area (Å²) in [6.07, 6.45) is 8.26. The van der Waals surface area contributed by atoms with Gasteiger partial charge in [0, 0.05) is 25.6 Å². The Hall–Kier alpha value is -2.08. The predicted octanol–water partition coefficient (Wildman–Crippen LogP) is 3.66. The molecule has 0 amide bonds. The first-order valence-electron chi connectivity index (χ1n) is 11.7. The fourth-order valence-corrected chi connectivity index (χ4v) is 5.29. The Kier molecular flexibility index (Phi) is 6.03. The second kappa shape index (κ2) is 8.45. The lowest BCUT2D eigenvalue weighted by Crippen LogP contribution is -2.49. The Morgan fingerprint density at radius 2 is 2.00 bits per heavy atom. The maximum Gasteiger partial charge on any atom is 0.192 e. The first-order chi connectivity index (χ1) is 14.8. The lowest BCUT2D eigenvalue weighted by atomic mass is 9.62. The summed E-state index contributed by atoms with van der Waals surface area (Å²) in [4.78, 5) is 19.9. The highest BCUT2D eigenvalue weighted by molar-refractivity contribution is 5.84. The minimum absolute atomic E-state index is 0.196. The molecule has 6 heteroatoms. The van der Waals surface area contributed by atoms with Crippen LogP contribution in [0.2, 0.25) is 0 Å². The van der Waals surface area contributed by atoms with Crippen molar-refractivity contribution < 1.29 is 14.3 Å². The Balaban J connectivity index is 1.77. The molecule has 31 heavy (non-hydrogen) atoms. The van der Waals surface area contributed by atoms with E-state index >= 15 is 0 Å². The molecular weight excluding hydrogens is 390 g/mol. The van der Waals surface area contributed by atoms with Gasteiger partial charge >= 0.3 is 0 Å². The molecule has 2 saturated carbocycles. The number of ether oxygens (including phenoxy) is 2. The zero-order valence-corrected chi connectivity index (χ0v) is 19.4. The second-order valence-corrected chi connectivity index (χ2v) is 10.0. The van der Waals surface area contributed by atoms with Gasteiger partial charge in [-0.2, -0.15) is 0 Å². The number of aldehydes is 1. The maximum atomic E-state index is 13.0.